The van der Waals surface area contributed by atoms with Crippen LogP contribution in [0.3, 0.4) is 0 Å². The van der Waals surface area contributed by atoms with Gasteiger partial charge in [-0.3, -0.25) is 4.79 Å². The van der Waals surface area contributed by atoms with Gasteiger partial charge in [-0.15, -0.1) is 0 Å². The number of rotatable bonds is 6. The summed E-state index contributed by atoms with van der Waals surface area (Å²) in [5.41, 5.74) is 1.03. The first-order valence-corrected chi connectivity index (χ1v) is 8.97. The van der Waals surface area contributed by atoms with Crippen molar-refractivity contribution in [3.8, 4) is 0 Å². The highest BCUT2D eigenvalue weighted by Gasteiger charge is 2.39. The van der Waals surface area contributed by atoms with Crippen LogP contribution < -0.4 is 0 Å². The SMILES string of the molecule is CCC(=O)OCc1ccccc1.CCCC1OC(C)(C)OC1CC. The van der Waals surface area contributed by atoms with Crippen molar-refractivity contribution in [1.82, 2.24) is 0 Å². The van der Waals surface area contributed by atoms with E-state index < -0.39 is 0 Å². The molecule has 1 aromatic rings. The van der Waals surface area contributed by atoms with Gasteiger partial charge in [0.2, 0.25) is 0 Å². The summed E-state index contributed by atoms with van der Waals surface area (Å²) in [6.07, 6.45) is 4.39. The molecule has 1 heterocycles. The van der Waals surface area contributed by atoms with Crippen molar-refractivity contribution in [3.05, 3.63) is 35.9 Å². The molecule has 1 aromatic carbocycles. The van der Waals surface area contributed by atoms with E-state index in [0.29, 0.717) is 25.2 Å². The molecule has 4 nitrogen and oxygen atoms in total. The van der Waals surface area contributed by atoms with Crippen LogP contribution in [-0.4, -0.2) is 24.0 Å². The molecule has 0 saturated carbocycles. The zero-order chi connectivity index (χ0) is 18.0. The largest absolute Gasteiger partial charge is 0.461 e. The highest BCUT2D eigenvalue weighted by Crippen LogP contribution is 2.31. The average molecular weight is 336 g/mol. The Hall–Kier alpha value is -1.39. The van der Waals surface area contributed by atoms with E-state index >= 15 is 0 Å². The Morgan fingerprint density at radius 2 is 1.71 bits per heavy atom. The molecule has 136 valence electrons. The van der Waals surface area contributed by atoms with E-state index in [-0.39, 0.29) is 11.8 Å². The average Bonchev–Trinajstić information content (AvgIpc) is 2.88. The van der Waals surface area contributed by atoms with Crippen molar-refractivity contribution in [2.24, 2.45) is 0 Å². The van der Waals surface area contributed by atoms with Gasteiger partial charge in [-0.2, -0.15) is 0 Å². The Morgan fingerprint density at radius 1 is 1.08 bits per heavy atom. The molecule has 4 heteroatoms. The number of hydrogen-bond acceptors (Lipinski definition) is 4. The van der Waals surface area contributed by atoms with Gasteiger partial charge in [0.05, 0.1) is 12.2 Å². The monoisotopic (exact) mass is 336 g/mol. The molecule has 0 radical (unpaired) electrons. The minimum atomic E-state index is -0.361. The van der Waals surface area contributed by atoms with E-state index in [1.165, 1.54) is 6.42 Å². The van der Waals surface area contributed by atoms with E-state index in [2.05, 4.69) is 13.8 Å². The fraction of sp³-hybridized carbons (Fsp3) is 0.650. The van der Waals surface area contributed by atoms with Gasteiger partial charge in [0.15, 0.2) is 5.79 Å². The number of carbonyl (C=O) groups is 1. The van der Waals surface area contributed by atoms with Gasteiger partial charge >= 0.3 is 5.97 Å². The molecule has 1 aliphatic rings. The lowest BCUT2D eigenvalue weighted by molar-refractivity contribution is -0.147. The molecule has 2 unspecified atom stereocenters. The first kappa shape index (κ1) is 20.7. The molecule has 0 aromatic heterocycles. The van der Waals surface area contributed by atoms with Crippen LogP contribution in [0.1, 0.15) is 65.9 Å². The van der Waals surface area contributed by atoms with E-state index in [9.17, 15) is 4.79 Å². The van der Waals surface area contributed by atoms with Crippen molar-refractivity contribution in [1.29, 1.82) is 0 Å². The standard InChI is InChI=1S/C10H20O2.C10H12O2/c1-5-7-9-8(6-2)11-10(3,4)12-9;1-2-10(11)12-8-9-6-4-3-5-7-9/h8-9H,5-7H2,1-4H3;3-7H,2,8H2,1H3. The summed E-state index contributed by atoms with van der Waals surface area (Å²) in [6.45, 7) is 10.5. The summed E-state index contributed by atoms with van der Waals surface area (Å²) in [5.74, 6) is -0.514. The highest BCUT2D eigenvalue weighted by atomic mass is 16.7. The zero-order valence-corrected chi connectivity index (χ0v) is 15.7. The van der Waals surface area contributed by atoms with Gasteiger partial charge in [-0.05, 0) is 32.3 Å². The summed E-state index contributed by atoms with van der Waals surface area (Å²) in [4.78, 5) is 10.8. The first-order chi connectivity index (χ1) is 11.4. The molecule has 24 heavy (non-hydrogen) atoms. The van der Waals surface area contributed by atoms with Gasteiger partial charge in [-0.1, -0.05) is 57.5 Å². The summed E-state index contributed by atoms with van der Waals surface area (Å²) in [7, 11) is 0. The third-order valence-corrected chi connectivity index (χ3v) is 3.79. The lowest BCUT2D eigenvalue weighted by atomic mass is 10.1. The van der Waals surface area contributed by atoms with Gasteiger partial charge < -0.3 is 14.2 Å². The number of esters is 1. The van der Waals surface area contributed by atoms with E-state index in [1.807, 2.05) is 44.2 Å². The number of ether oxygens (including phenoxy) is 3. The van der Waals surface area contributed by atoms with Gasteiger partial charge in [-0.25, -0.2) is 0 Å². The molecular formula is C20H32O4. The van der Waals surface area contributed by atoms with Crippen LogP contribution in [0.15, 0.2) is 30.3 Å². The Kier molecular flexibility index (Phi) is 9.01. The molecule has 1 saturated heterocycles. The Balaban J connectivity index is 0.000000240. The van der Waals surface area contributed by atoms with Crippen LogP contribution in [0, 0.1) is 0 Å². The summed E-state index contributed by atoms with van der Waals surface area (Å²) < 4.78 is 16.4. The maximum atomic E-state index is 10.8. The van der Waals surface area contributed by atoms with E-state index in [1.54, 1.807) is 6.92 Å². The molecule has 1 fully saturated rings. The maximum Gasteiger partial charge on any atom is 0.305 e. The predicted octanol–water partition coefficient (Wildman–Crippen LogP) is 4.86. The Morgan fingerprint density at radius 3 is 2.25 bits per heavy atom. The molecule has 1 aliphatic heterocycles. The fourth-order valence-corrected chi connectivity index (χ4v) is 2.62. The molecule has 2 atom stereocenters. The van der Waals surface area contributed by atoms with Crippen molar-refractivity contribution < 1.29 is 19.0 Å². The van der Waals surface area contributed by atoms with Crippen molar-refractivity contribution >= 4 is 5.97 Å². The van der Waals surface area contributed by atoms with Crippen LogP contribution >= 0.6 is 0 Å². The van der Waals surface area contributed by atoms with Crippen LogP contribution in [0.25, 0.3) is 0 Å². The van der Waals surface area contributed by atoms with Crippen LogP contribution in [-0.2, 0) is 25.6 Å². The van der Waals surface area contributed by atoms with Crippen molar-refractivity contribution in [3.63, 3.8) is 0 Å². The molecule has 0 amide bonds. The number of benzene rings is 1. The summed E-state index contributed by atoms with van der Waals surface area (Å²) in [5, 5.41) is 0. The second kappa shape index (κ2) is 10.5. The third-order valence-electron chi connectivity index (χ3n) is 3.79. The van der Waals surface area contributed by atoms with E-state index in [4.69, 9.17) is 14.2 Å². The molecule has 0 spiro atoms. The molecular weight excluding hydrogens is 304 g/mol. The smallest absolute Gasteiger partial charge is 0.305 e. The quantitative estimate of drug-likeness (QED) is 0.696. The second-order valence-electron chi connectivity index (χ2n) is 6.41. The third kappa shape index (κ3) is 7.45. The summed E-state index contributed by atoms with van der Waals surface area (Å²) in [6, 6.07) is 9.65. The lowest BCUT2D eigenvalue weighted by Gasteiger charge is -2.16. The lowest BCUT2D eigenvalue weighted by Crippen LogP contribution is -2.21. The van der Waals surface area contributed by atoms with Crippen molar-refractivity contribution in [2.45, 2.75) is 84.9 Å². The molecule has 2 rings (SSSR count). The minimum absolute atomic E-state index is 0.154. The number of hydrogen-bond donors (Lipinski definition) is 0. The van der Waals surface area contributed by atoms with Gasteiger partial charge in [0.1, 0.15) is 6.61 Å². The molecule has 0 bridgehead atoms. The van der Waals surface area contributed by atoms with Crippen LogP contribution in [0.4, 0.5) is 0 Å². The minimum Gasteiger partial charge on any atom is -0.461 e. The maximum absolute atomic E-state index is 10.8. The second-order valence-corrected chi connectivity index (χ2v) is 6.41. The first-order valence-electron chi connectivity index (χ1n) is 8.97. The highest BCUT2D eigenvalue weighted by molar-refractivity contribution is 5.68. The van der Waals surface area contributed by atoms with Gasteiger partial charge in [0, 0.05) is 6.42 Å². The molecule has 0 N–H and O–H groups in total. The zero-order valence-electron chi connectivity index (χ0n) is 15.7. The van der Waals surface area contributed by atoms with E-state index in [0.717, 1.165) is 18.4 Å². The van der Waals surface area contributed by atoms with Crippen molar-refractivity contribution in [2.75, 3.05) is 0 Å². The number of carbonyl (C=O) groups excluding carboxylic acids is 1. The Bertz CT molecular complexity index is 470. The van der Waals surface area contributed by atoms with Crippen LogP contribution in [0.2, 0.25) is 0 Å². The normalized spacial score (nSPS) is 21.7. The fourth-order valence-electron chi connectivity index (χ4n) is 2.62. The Labute approximate surface area is 146 Å². The molecule has 0 aliphatic carbocycles. The van der Waals surface area contributed by atoms with Gasteiger partial charge in [0.25, 0.3) is 0 Å². The predicted molar refractivity (Wildman–Crippen MR) is 95.6 cm³/mol. The topological polar surface area (TPSA) is 44.8 Å². The van der Waals surface area contributed by atoms with Crippen LogP contribution in [0.5, 0.6) is 0 Å². The summed E-state index contributed by atoms with van der Waals surface area (Å²) >= 11 is 0.